The second-order valence-corrected chi connectivity index (χ2v) is 5.99. The number of benzene rings is 2. The molecule has 23 heavy (non-hydrogen) atoms. The number of carbonyl (C=O) groups excluding carboxylic acids is 1. The first-order valence-corrected chi connectivity index (χ1v) is 7.78. The quantitative estimate of drug-likeness (QED) is 0.897. The summed E-state index contributed by atoms with van der Waals surface area (Å²) >= 11 is 5.99. The van der Waals surface area contributed by atoms with Crippen LogP contribution < -0.4 is 14.8 Å². The van der Waals surface area contributed by atoms with E-state index < -0.39 is 0 Å². The van der Waals surface area contributed by atoms with Crippen molar-refractivity contribution < 1.29 is 14.3 Å². The minimum atomic E-state index is -0.0212. The Morgan fingerprint density at radius 3 is 2.52 bits per heavy atom. The van der Waals surface area contributed by atoms with E-state index in [0.29, 0.717) is 16.5 Å². The first-order chi connectivity index (χ1) is 11.1. The highest BCUT2D eigenvalue weighted by molar-refractivity contribution is 6.31. The summed E-state index contributed by atoms with van der Waals surface area (Å²) in [6, 6.07) is 13.0. The van der Waals surface area contributed by atoms with Crippen LogP contribution in [-0.2, 0) is 4.79 Å². The third-order valence-electron chi connectivity index (χ3n) is 4.09. The van der Waals surface area contributed by atoms with E-state index in [1.807, 2.05) is 24.3 Å². The van der Waals surface area contributed by atoms with Crippen molar-refractivity contribution in [1.82, 2.24) is 0 Å². The number of nitrogens with one attached hydrogen (secondary N) is 1. The van der Waals surface area contributed by atoms with Crippen LogP contribution in [0.4, 0.5) is 5.69 Å². The molecule has 0 bridgehead atoms. The number of rotatable bonds is 5. The van der Waals surface area contributed by atoms with E-state index in [0.717, 1.165) is 17.7 Å². The monoisotopic (exact) mass is 331 g/mol. The molecule has 1 aliphatic rings. The summed E-state index contributed by atoms with van der Waals surface area (Å²) in [4.78, 5) is 12.4. The SMILES string of the molecule is COc1ccc(C2CC2C(=O)Nc2cc(Cl)ccc2OC)cc1. The van der Waals surface area contributed by atoms with Gasteiger partial charge >= 0.3 is 0 Å². The van der Waals surface area contributed by atoms with Gasteiger partial charge in [-0.3, -0.25) is 4.79 Å². The zero-order valence-corrected chi connectivity index (χ0v) is 13.8. The fourth-order valence-corrected chi connectivity index (χ4v) is 2.88. The average molecular weight is 332 g/mol. The Morgan fingerprint density at radius 1 is 1.13 bits per heavy atom. The molecule has 5 heteroatoms. The van der Waals surface area contributed by atoms with Crippen LogP contribution in [0.3, 0.4) is 0 Å². The summed E-state index contributed by atoms with van der Waals surface area (Å²) < 4.78 is 10.4. The maximum atomic E-state index is 12.4. The molecule has 2 atom stereocenters. The van der Waals surface area contributed by atoms with E-state index in [4.69, 9.17) is 21.1 Å². The van der Waals surface area contributed by atoms with E-state index in [9.17, 15) is 4.79 Å². The van der Waals surface area contributed by atoms with Crippen molar-refractivity contribution in [3.05, 3.63) is 53.1 Å². The van der Waals surface area contributed by atoms with Crippen molar-refractivity contribution >= 4 is 23.2 Å². The van der Waals surface area contributed by atoms with E-state index in [1.165, 1.54) is 0 Å². The highest BCUT2D eigenvalue weighted by Crippen LogP contribution is 2.48. The first-order valence-electron chi connectivity index (χ1n) is 7.40. The van der Waals surface area contributed by atoms with Gasteiger partial charge in [-0.15, -0.1) is 0 Å². The molecule has 1 N–H and O–H groups in total. The molecule has 1 fully saturated rings. The minimum absolute atomic E-state index is 0.00798. The van der Waals surface area contributed by atoms with Crippen molar-refractivity contribution in [2.75, 3.05) is 19.5 Å². The maximum Gasteiger partial charge on any atom is 0.228 e. The van der Waals surface area contributed by atoms with Crippen molar-refractivity contribution in [3.8, 4) is 11.5 Å². The molecular formula is C18H18ClNO3. The largest absolute Gasteiger partial charge is 0.497 e. The van der Waals surface area contributed by atoms with Crippen LogP contribution in [0.5, 0.6) is 11.5 Å². The lowest BCUT2D eigenvalue weighted by molar-refractivity contribution is -0.117. The van der Waals surface area contributed by atoms with E-state index in [1.54, 1.807) is 32.4 Å². The molecular weight excluding hydrogens is 314 g/mol. The summed E-state index contributed by atoms with van der Waals surface area (Å²) in [7, 11) is 3.21. The van der Waals surface area contributed by atoms with E-state index >= 15 is 0 Å². The van der Waals surface area contributed by atoms with Crippen LogP contribution in [-0.4, -0.2) is 20.1 Å². The summed E-state index contributed by atoms with van der Waals surface area (Å²) in [5, 5.41) is 3.47. The van der Waals surface area contributed by atoms with Gasteiger partial charge in [-0.1, -0.05) is 23.7 Å². The fraction of sp³-hybridized carbons (Fsp3) is 0.278. The van der Waals surface area contributed by atoms with Gasteiger partial charge < -0.3 is 14.8 Å². The van der Waals surface area contributed by atoms with Gasteiger partial charge in [-0.25, -0.2) is 0 Å². The average Bonchev–Trinajstić information content (AvgIpc) is 3.36. The van der Waals surface area contributed by atoms with Crippen molar-refractivity contribution in [3.63, 3.8) is 0 Å². The van der Waals surface area contributed by atoms with Gasteiger partial charge in [-0.2, -0.15) is 0 Å². The molecule has 1 saturated carbocycles. The normalized spacial score (nSPS) is 19.1. The summed E-state index contributed by atoms with van der Waals surface area (Å²) in [5.41, 5.74) is 1.76. The van der Waals surface area contributed by atoms with E-state index in [-0.39, 0.29) is 17.7 Å². The van der Waals surface area contributed by atoms with Crippen molar-refractivity contribution in [1.29, 1.82) is 0 Å². The first kappa shape index (κ1) is 15.7. The van der Waals surface area contributed by atoms with Crippen LogP contribution in [0, 0.1) is 5.92 Å². The lowest BCUT2D eigenvalue weighted by Gasteiger charge is -2.10. The van der Waals surface area contributed by atoms with Gasteiger partial charge in [0.2, 0.25) is 5.91 Å². The standard InChI is InChI=1S/C18H18ClNO3/c1-22-13-6-3-11(4-7-13)14-10-15(14)18(21)20-16-9-12(19)5-8-17(16)23-2/h3-9,14-15H,10H2,1-2H3,(H,20,21). The predicted molar refractivity (Wildman–Crippen MR) is 90.5 cm³/mol. The number of ether oxygens (including phenoxy) is 2. The molecule has 0 spiro atoms. The fourth-order valence-electron chi connectivity index (χ4n) is 2.71. The van der Waals surface area contributed by atoms with Gasteiger partial charge in [0.05, 0.1) is 19.9 Å². The molecule has 0 aromatic heterocycles. The zero-order chi connectivity index (χ0) is 16.4. The third-order valence-corrected chi connectivity index (χ3v) is 4.33. The van der Waals surface area contributed by atoms with Crippen LogP contribution in [0.25, 0.3) is 0 Å². The Hall–Kier alpha value is -2.20. The molecule has 1 aliphatic carbocycles. The van der Waals surface area contributed by atoms with Gasteiger partial charge in [-0.05, 0) is 48.2 Å². The minimum Gasteiger partial charge on any atom is -0.497 e. The Bertz CT molecular complexity index is 715. The molecule has 0 heterocycles. The third kappa shape index (κ3) is 3.42. The van der Waals surface area contributed by atoms with Crippen LogP contribution in [0.2, 0.25) is 5.02 Å². The molecule has 3 rings (SSSR count). The zero-order valence-electron chi connectivity index (χ0n) is 13.0. The van der Waals surface area contributed by atoms with Gasteiger partial charge in [0, 0.05) is 10.9 Å². The second-order valence-electron chi connectivity index (χ2n) is 5.56. The molecule has 0 aliphatic heterocycles. The number of methoxy groups -OCH3 is 2. The molecule has 2 aromatic rings. The van der Waals surface area contributed by atoms with Crippen LogP contribution >= 0.6 is 11.6 Å². The van der Waals surface area contributed by atoms with Gasteiger partial charge in [0.25, 0.3) is 0 Å². The summed E-state index contributed by atoms with van der Waals surface area (Å²) in [6.45, 7) is 0. The second kappa shape index (κ2) is 6.50. The maximum absolute atomic E-state index is 12.4. The highest BCUT2D eigenvalue weighted by atomic mass is 35.5. The number of amides is 1. The summed E-state index contributed by atoms with van der Waals surface area (Å²) in [5.74, 6) is 1.65. The van der Waals surface area contributed by atoms with Crippen LogP contribution in [0.15, 0.2) is 42.5 Å². The van der Waals surface area contributed by atoms with Crippen molar-refractivity contribution in [2.45, 2.75) is 12.3 Å². The predicted octanol–water partition coefficient (Wildman–Crippen LogP) is 4.10. The van der Waals surface area contributed by atoms with E-state index in [2.05, 4.69) is 5.32 Å². The van der Waals surface area contributed by atoms with Crippen LogP contribution in [0.1, 0.15) is 17.9 Å². The Kier molecular flexibility index (Phi) is 4.44. The molecule has 4 nitrogen and oxygen atoms in total. The number of halogens is 1. The summed E-state index contributed by atoms with van der Waals surface area (Å²) in [6.07, 6.45) is 0.848. The lowest BCUT2D eigenvalue weighted by Crippen LogP contribution is -2.15. The smallest absolute Gasteiger partial charge is 0.228 e. The molecule has 2 unspecified atom stereocenters. The Balaban J connectivity index is 1.67. The number of hydrogen-bond donors (Lipinski definition) is 1. The molecule has 1 amide bonds. The van der Waals surface area contributed by atoms with Gasteiger partial charge in [0.15, 0.2) is 0 Å². The highest BCUT2D eigenvalue weighted by Gasteiger charge is 2.44. The molecule has 120 valence electrons. The molecule has 0 saturated heterocycles. The lowest BCUT2D eigenvalue weighted by atomic mass is 10.1. The number of anilines is 1. The topological polar surface area (TPSA) is 47.6 Å². The molecule has 2 aromatic carbocycles. The van der Waals surface area contributed by atoms with Crippen molar-refractivity contribution in [2.24, 2.45) is 5.92 Å². The Labute approximate surface area is 140 Å². The van der Waals surface area contributed by atoms with Gasteiger partial charge in [0.1, 0.15) is 11.5 Å². The molecule has 0 radical (unpaired) electrons. The number of hydrogen-bond acceptors (Lipinski definition) is 3. The number of carbonyl (C=O) groups is 1. The Morgan fingerprint density at radius 2 is 1.87 bits per heavy atom.